The lowest BCUT2D eigenvalue weighted by Gasteiger charge is -2.05. The number of ketones is 1. The molecule has 1 N–H and O–H groups in total. The highest BCUT2D eigenvalue weighted by Crippen LogP contribution is 2.29. The summed E-state index contributed by atoms with van der Waals surface area (Å²) in [4.78, 5) is 22.6. The Balaban J connectivity index is 2.10. The molecule has 2 rings (SSSR count). The Morgan fingerprint density at radius 1 is 0.870 bits per heavy atom. The molecule has 118 valence electrons. The first-order valence-corrected chi connectivity index (χ1v) is 6.50. The van der Waals surface area contributed by atoms with Gasteiger partial charge in [-0.05, 0) is 35.9 Å². The van der Waals surface area contributed by atoms with Gasteiger partial charge >= 0.3 is 12.1 Å². The third kappa shape index (κ3) is 4.29. The molecule has 2 aromatic carbocycles. The molecule has 0 unspecified atom stereocenters. The Labute approximate surface area is 129 Å². The quantitative estimate of drug-likeness (QED) is 0.675. The predicted molar refractivity (Wildman–Crippen MR) is 78.2 cm³/mol. The van der Waals surface area contributed by atoms with Crippen LogP contribution in [0, 0.1) is 0 Å². The smallest absolute Gasteiger partial charge is 0.416 e. The maximum absolute atomic E-state index is 12.4. The number of halogens is 3. The Hall–Kier alpha value is -2.89. The zero-order chi connectivity index (χ0) is 17.0. The average molecular weight is 320 g/mol. The monoisotopic (exact) mass is 320 g/mol. The molecule has 0 atom stereocenters. The number of carboxylic acids is 1. The Bertz CT molecular complexity index is 742. The van der Waals surface area contributed by atoms with E-state index in [4.69, 9.17) is 5.11 Å². The van der Waals surface area contributed by atoms with Gasteiger partial charge in [-0.25, -0.2) is 4.79 Å². The summed E-state index contributed by atoms with van der Waals surface area (Å²) >= 11 is 0. The summed E-state index contributed by atoms with van der Waals surface area (Å²) in [5, 5.41) is 8.77. The molecule has 0 heterocycles. The maximum Gasteiger partial charge on any atom is 0.416 e. The van der Waals surface area contributed by atoms with Crippen LogP contribution in [0.25, 0.3) is 6.08 Å². The fourth-order valence-corrected chi connectivity index (χ4v) is 1.83. The van der Waals surface area contributed by atoms with Crippen molar-refractivity contribution in [2.24, 2.45) is 0 Å². The van der Waals surface area contributed by atoms with Crippen molar-refractivity contribution in [2.45, 2.75) is 6.18 Å². The lowest BCUT2D eigenvalue weighted by molar-refractivity contribution is -0.137. The number of carboxylic acid groups (broad SMARTS) is 1. The van der Waals surface area contributed by atoms with E-state index in [1.54, 1.807) is 0 Å². The summed E-state index contributed by atoms with van der Waals surface area (Å²) in [5.41, 5.74) is 0.0465. The van der Waals surface area contributed by atoms with E-state index >= 15 is 0 Å². The van der Waals surface area contributed by atoms with E-state index in [-0.39, 0.29) is 16.9 Å². The number of carbonyl (C=O) groups is 2. The minimum absolute atomic E-state index is 0.0632. The number of allylic oxidation sites excluding steroid dienone is 1. The molecular weight excluding hydrogens is 309 g/mol. The van der Waals surface area contributed by atoms with Gasteiger partial charge in [0.1, 0.15) is 0 Å². The van der Waals surface area contributed by atoms with Gasteiger partial charge < -0.3 is 5.11 Å². The number of hydrogen-bond acceptors (Lipinski definition) is 2. The van der Waals surface area contributed by atoms with E-state index in [1.807, 2.05) is 0 Å². The predicted octanol–water partition coefficient (Wildman–Crippen LogP) is 4.30. The average Bonchev–Trinajstić information content (AvgIpc) is 2.52. The van der Waals surface area contributed by atoms with Crippen molar-refractivity contribution < 1.29 is 27.9 Å². The molecule has 0 aliphatic carbocycles. The first-order valence-electron chi connectivity index (χ1n) is 6.50. The Kier molecular flexibility index (Phi) is 4.64. The van der Waals surface area contributed by atoms with Crippen LogP contribution < -0.4 is 0 Å². The minimum Gasteiger partial charge on any atom is -0.478 e. The van der Waals surface area contributed by atoms with Crippen molar-refractivity contribution in [2.75, 3.05) is 0 Å². The molecular formula is C17H11F3O3. The van der Waals surface area contributed by atoms with Crippen molar-refractivity contribution in [1.82, 2.24) is 0 Å². The second-order valence-electron chi connectivity index (χ2n) is 4.70. The first-order chi connectivity index (χ1) is 10.8. The third-order valence-electron chi connectivity index (χ3n) is 3.08. The summed E-state index contributed by atoms with van der Waals surface area (Å²) in [7, 11) is 0. The van der Waals surface area contributed by atoms with Gasteiger partial charge in [0.25, 0.3) is 0 Å². The molecule has 0 aliphatic rings. The summed E-state index contributed by atoms with van der Waals surface area (Å²) in [6.07, 6.45) is -1.78. The molecule has 23 heavy (non-hydrogen) atoms. The molecule has 2 aromatic rings. The lowest BCUT2D eigenvalue weighted by atomic mass is 10.1. The molecule has 3 nitrogen and oxygen atoms in total. The highest BCUT2D eigenvalue weighted by molar-refractivity contribution is 6.07. The molecule has 0 saturated carbocycles. The maximum atomic E-state index is 12.4. The Morgan fingerprint density at radius 2 is 1.39 bits per heavy atom. The van der Waals surface area contributed by atoms with Crippen LogP contribution in [-0.2, 0) is 6.18 Å². The molecule has 0 fully saturated rings. The van der Waals surface area contributed by atoms with E-state index in [0.717, 1.165) is 12.1 Å². The molecule has 0 aliphatic heterocycles. The number of rotatable bonds is 4. The summed E-state index contributed by atoms with van der Waals surface area (Å²) in [6, 6.07) is 9.77. The van der Waals surface area contributed by atoms with Crippen LogP contribution in [0.3, 0.4) is 0 Å². The number of carbonyl (C=O) groups excluding carboxylic acids is 1. The number of hydrogen-bond donors (Lipinski definition) is 1. The molecule has 6 heteroatoms. The molecule has 0 saturated heterocycles. The SMILES string of the molecule is O=C(O)c1ccc(C(=O)C=Cc2ccc(C(F)(F)F)cc2)cc1. The van der Waals surface area contributed by atoms with E-state index in [9.17, 15) is 22.8 Å². The molecule has 0 radical (unpaired) electrons. The standard InChI is InChI=1S/C17H11F3O3/c18-17(19,20)14-8-1-11(2-9-14)3-10-15(21)12-4-6-13(7-5-12)16(22)23/h1-10H,(H,22,23). The van der Waals surface area contributed by atoms with E-state index in [1.165, 1.54) is 48.6 Å². The van der Waals surface area contributed by atoms with Crippen LogP contribution in [0.4, 0.5) is 13.2 Å². The summed E-state index contributed by atoms with van der Waals surface area (Å²) < 4.78 is 37.3. The van der Waals surface area contributed by atoms with Crippen LogP contribution in [0.5, 0.6) is 0 Å². The first kappa shape index (κ1) is 16.5. The molecule has 0 spiro atoms. The van der Waals surface area contributed by atoms with Crippen LogP contribution in [0.15, 0.2) is 54.6 Å². The van der Waals surface area contributed by atoms with E-state index < -0.39 is 17.7 Å². The van der Waals surface area contributed by atoms with E-state index in [0.29, 0.717) is 5.56 Å². The Morgan fingerprint density at radius 3 is 1.87 bits per heavy atom. The molecule has 0 bridgehead atoms. The zero-order valence-electron chi connectivity index (χ0n) is 11.7. The normalized spacial score (nSPS) is 11.6. The second kappa shape index (κ2) is 6.48. The summed E-state index contributed by atoms with van der Waals surface area (Å²) in [6.45, 7) is 0. The van der Waals surface area contributed by atoms with Crippen molar-refractivity contribution in [3.8, 4) is 0 Å². The van der Waals surface area contributed by atoms with Gasteiger partial charge in [0, 0.05) is 5.56 Å². The fraction of sp³-hybridized carbons (Fsp3) is 0.0588. The van der Waals surface area contributed by atoms with Crippen molar-refractivity contribution in [3.05, 3.63) is 76.9 Å². The van der Waals surface area contributed by atoms with E-state index in [2.05, 4.69) is 0 Å². The number of alkyl halides is 3. The minimum atomic E-state index is -4.40. The lowest BCUT2D eigenvalue weighted by Crippen LogP contribution is -2.04. The van der Waals surface area contributed by atoms with Gasteiger partial charge in [0.15, 0.2) is 5.78 Å². The van der Waals surface area contributed by atoms with Crippen molar-refractivity contribution in [1.29, 1.82) is 0 Å². The van der Waals surface area contributed by atoms with Gasteiger partial charge in [-0.1, -0.05) is 30.3 Å². The van der Waals surface area contributed by atoms with Crippen molar-refractivity contribution in [3.63, 3.8) is 0 Å². The second-order valence-corrected chi connectivity index (χ2v) is 4.70. The largest absolute Gasteiger partial charge is 0.478 e. The van der Waals surface area contributed by atoms with Crippen LogP contribution in [0.1, 0.15) is 31.8 Å². The fourth-order valence-electron chi connectivity index (χ4n) is 1.83. The highest BCUT2D eigenvalue weighted by atomic mass is 19.4. The highest BCUT2D eigenvalue weighted by Gasteiger charge is 2.29. The van der Waals surface area contributed by atoms with Gasteiger partial charge in [-0.2, -0.15) is 13.2 Å². The van der Waals surface area contributed by atoms with Gasteiger partial charge in [-0.3, -0.25) is 4.79 Å². The zero-order valence-corrected chi connectivity index (χ0v) is 11.7. The van der Waals surface area contributed by atoms with Crippen molar-refractivity contribution >= 4 is 17.8 Å². The number of aromatic carboxylic acids is 1. The van der Waals surface area contributed by atoms with Crippen LogP contribution in [0.2, 0.25) is 0 Å². The van der Waals surface area contributed by atoms with Crippen LogP contribution in [-0.4, -0.2) is 16.9 Å². The van der Waals surface area contributed by atoms with Crippen LogP contribution >= 0.6 is 0 Å². The third-order valence-corrected chi connectivity index (χ3v) is 3.08. The summed E-state index contributed by atoms with van der Waals surface area (Å²) in [5.74, 6) is -1.47. The molecule has 0 aromatic heterocycles. The molecule has 0 amide bonds. The number of benzene rings is 2. The van der Waals surface area contributed by atoms with Gasteiger partial charge in [0.2, 0.25) is 0 Å². The van der Waals surface area contributed by atoms with Gasteiger partial charge in [0.05, 0.1) is 11.1 Å². The topological polar surface area (TPSA) is 54.4 Å². The van der Waals surface area contributed by atoms with Gasteiger partial charge in [-0.15, -0.1) is 0 Å².